The fraction of sp³-hybridized carbons (Fsp3) is 0.562. The van der Waals surface area contributed by atoms with Crippen molar-refractivity contribution in [3.8, 4) is 6.07 Å². The van der Waals surface area contributed by atoms with Crippen LogP contribution >= 0.6 is 0 Å². The molecule has 0 heterocycles. The van der Waals surface area contributed by atoms with Crippen LogP contribution in [0.2, 0.25) is 0 Å². The van der Waals surface area contributed by atoms with Gasteiger partial charge in [-0.2, -0.15) is 5.26 Å². The highest BCUT2D eigenvalue weighted by molar-refractivity contribution is 5.33. The van der Waals surface area contributed by atoms with Gasteiger partial charge in [-0.05, 0) is 55.2 Å². The zero-order chi connectivity index (χ0) is 13.2. The molecule has 0 N–H and O–H groups in total. The fourth-order valence-electron chi connectivity index (χ4n) is 3.03. The van der Waals surface area contributed by atoms with Crippen molar-refractivity contribution < 1.29 is 4.39 Å². The van der Waals surface area contributed by atoms with Crippen LogP contribution in [0.4, 0.5) is 4.39 Å². The standard InChI is InChI=1S/C16H20FN/c1-12(2)13-7-9-16(11-18,10-8-13)14-3-5-15(17)6-4-14/h3-6,12-13H,7-10H2,1-2H3/t13-,16-. The number of hydrogen-bond acceptors (Lipinski definition) is 1. The van der Waals surface area contributed by atoms with Gasteiger partial charge in [0, 0.05) is 0 Å². The van der Waals surface area contributed by atoms with Gasteiger partial charge in [-0.1, -0.05) is 26.0 Å². The number of rotatable bonds is 2. The lowest BCUT2D eigenvalue weighted by molar-refractivity contribution is 0.226. The highest BCUT2D eigenvalue weighted by Gasteiger charge is 2.37. The molecule has 1 saturated carbocycles. The van der Waals surface area contributed by atoms with E-state index in [9.17, 15) is 9.65 Å². The summed E-state index contributed by atoms with van der Waals surface area (Å²) in [6.45, 7) is 4.50. The van der Waals surface area contributed by atoms with E-state index in [2.05, 4.69) is 19.9 Å². The molecule has 1 aliphatic carbocycles. The summed E-state index contributed by atoms with van der Waals surface area (Å²) in [4.78, 5) is 0. The van der Waals surface area contributed by atoms with Crippen molar-refractivity contribution in [3.63, 3.8) is 0 Å². The first-order chi connectivity index (χ1) is 8.57. The maximum Gasteiger partial charge on any atom is 0.123 e. The monoisotopic (exact) mass is 245 g/mol. The van der Waals surface area contributed by atoms with Crippen LogP contribution in [0.15, 0.2) is 24.3 Å². The lowest BCUT2D eigenvalue weighted by Crippen LogP contribution is -2.31. The lowest BCUT2D eigenvalue weighted by atomic mass is 9.65. The van der Waals surface area contributed by atoms with Crippen LogP contribution in [0.3, 0.4) is 0 Å². The molecule has 96 valence electrons. The van der Waals surface area contributed by atoms with Crippen LogP contribution in [0.5, 0.6) is 0 Å². The van der Waals surface area contributed by atoms with E-state index in [1.807, 2.05) is 0 Å². The second-order valence-corrected chi connectivity index (χ2v) is 5.78. The summed E-state index contributed by atoms with van der Waals surface area (Å²) in [5, 5.41) is 9.55. The van der Waals surface area contributed by atoms with Crippen LogP contribution in [0.25, 0.3) is 0 Å². The summed E-state index contributed by atoms with van der Waals surface area (Å²) >= 11 is 0. The Morgan fingerprint density at radius 1 is 1.22 bits per heavy atom. The third-order valence-corrected chi connectivity index (χ3v) is 4.44. The van der Waals surface area contributed by atoms with Gasteiger partial charge in [0.2, 0.25) is 0 Å². The van der Waals surface area contributed by atoms with Crippen LogP contribution in [0, 0.1) is 29.0 Å². The quantitative estimate of drug-likeness (QED) is 0.756. The smallest absolute Gasteiger partial charge is 0.123 e. The van der Waals surface area contributed by atoms with Gasteiger partial charge in [-0.3, -0.25) is 0 Å². The van der Waals surface area contributed by atoms with Gasteiger partial charge >= 0.3 is 0 Å². The topological polar surface area (TPSA) is 23.8 Å². The molecule has 0 aliphatic heterocycles. The minimum absolute atomic E-state index is 0.234. The largest absolute Gasteiger partial charge is 0.207 e. The normalized spacial score (nSPS) is 28.1. The summed E-state index contributed by atoms with van der Waals surface area (Å²) in [6, 6.07) is 8.96. The molecule has 0 amide bonds. The molecule has 0 aromatic heterocycles. The molecule has 18 heavy (non-hydrogen) atoms. The van der Waals surface area contributed by atoms with Crippen molar-refractivity contribution in [3.05, 3.63) is 35.6 Å². The van der Waals surface area contributed by atoms with Crippen LogP contribution < -0.4 is 0 Å². The Labute approximate surface area is 109 Å². The highest BCUT2D eigenvalue weighted by Crippen LogP contribution is 2.43. The number of hydrogen-bond donors (Lipinski definition) is 0. The Hall–Kier alpha value is -1.36. The molecule has 0 saturated heterocycles. The van der Waals surface area contributed by atoms with Crippen molar-refractivity contribution in [2.75, 3.05) is 0 Å². The van der Waals surface area contributed by atoms with Gasteiger partial charge < -0.3 is 0 Å². The molecule has 2 rings (SSSR count). The second-order valence-electron chi connectivity index (χ2n) is 5.78. The molecule has 0 unspecified atom stereocenters. The molecule has 1 aromatic rings. The molecule has 1 aromatic carbocycles. The van der Waals surface area contributed by atoms with Crippen molar-refractivity contribution >= 4 is 0 Å². The first-order valence-corrected chi connectivity index (χ1v) is 6.75. The summed E-state index contributed by atoms with van der Waals surface area (Å²) in [5.41, 5.74) is 0.590. The van der Waals surface area contributed by atoms with Crippen molar-refractivity contribution in [1.82, 2.24) is 0 Å². The summed E-state index contributed by atoms with van der Waals surface area (Å²) in [7, 11) is 0. The molecular weight excluding hydrogens is 225 g/mol. The molecule has 0 atom stereocenters. The van der Waals surface area contributed by atoms with Crippen molar-refractivity contribution in [1.29, 1.82) is 5.26 Å². The van der Waals surface area contributed by atoms with E-state index in [-0.39, 0.29) is 11.2 Å². The van der Waals surface area contributed by atoms with Crippen LogP contribution in [-0.2, 0) is 5.41 Å². The Bertz CT molecular complexity index is 433. The lowest BCUT2D eigenvalue weighted by Gasteiger charge is -2.36. The zero-order valence-corrected chi connectivity index (χ0v) is 11.1. The third kappa shape index (κ3) is 2.41. The Morgan fingerprint density at radius 2 is 1.78 bits per heavy atom. The van der Waals surface area contributed by atoms with Gasteiger partial charge in [-0.25, -0.2) is 4.39 Å². The van der Waals surface area contributed by atoms with Gasteiger partial charge in [-0.15, -0.1) is 0 Å². The number of nitriles is 1. The third-order valence-electron chi connectivity index (χ3n) is 4.44. The number of benzene rings is 1. The predicted molar refractivity (Wildman–Crippen MR) is 70.5 cm³/mol. The molecule has 2 heteroatoms. The average Bonchev–Trinajstić information content (AvgIpc) is 2.39. The minimum atomic E-state index is -0.390. The van der Waals surface area contributed by atoms with Crippen LogP contribution in [-0.4, -0.2) is 0 Å². The fourth-order valence-corrected chi connectivity index (χ4v) is 3.03. The van der Waals surface area contributed by atoms with E-state index in [4.69, 9.17) is 0 Å². The van der Waals surface area contributed by atoms with E-state index in [1.165, 1.54) is 12.1 Å². The van der Waals surface area contributed by atoms with Crippen LogP contribution in [0.1, 0.15) is 45.1 Å². The molecule has 1 aliphatic rings. The summed E-state index contributed by atoms with van der Waals surface area (Å²) < 4.78 is 13.0. The molecule has 1 fully saturated rings. The van der Waals surface area contributed by atoms with Gasteiger partial charge in [0.05, 0.1) is 11.5 Å². The molecular formula is C16H20FN. The molecule has 0 bridgehead atoms. The molecule has 1 nitrogen and oxygen atoms in total. The van der Waals surface area contributed by atoms with Gasteiger partial charge in [0.25, 0.3) is 0 Å². The average molecular weight is 245 g/mol. The van der Waals surface area contributed by atoms with E-state index >= 15 is 0 Å². The predicted octanol–water partition coefficient (Wildman–Crippen LogP) is 4.43. The van der Waals surface area contributed by atoms with Gasteiger partial charge in [0.1, 0.15) is 5.82 Å². The van der Waals surface area contributed by atoms with E-state index < -0.39 is 0 Å². The first-order valence-electron chi connectivity index (χ1n) is 6.75. The Balaban J connectivity index is 2.19. The number of nitrogens with zero attached hydrogens (tertiary/aromatic N) is 1. The summed E-state index contributed by atoms with van der Waals surface area (Å²) in [6.07, 6.45) is 4.00. The Morgan fingerprint density at radius 3 is 2.22 bits per heavy atom. The minimum Gasteiger partial charge on any atom is -0.207 e. The zero-order valence-electron chi connectivity index (χ0n) is 11.1. The Kier molecular flexibility index (Phi) is 3.71. The van der Waals surface area contributed by atoms with Crippen molar-refractivity contribution in [2.45, 2.75) is 44.9 Å². The first kappa shape index (κ1) is 13.1. The maximum atomic E-state index is 13.0. The molecule has 0 spiro atoms. The van der Waals surface area contributed by atoms with E-state index in [0.717, 1.165) is 37.2 Å². The van der Waals surface area contributed by atoms with Gasteiger partial charge in [0.15, 0.2) is 0 Å². The SMILES string of the molecule is CC(C)[C@H]1CC[C@](C#N)(c2ccc(F)cc2)CC1. The highest BCUT2D eigenvalue weighted by atomic mass is 19.1. The maximum absolute atomic E-state index is 13.0. The van der Waals surface area contributed by atoms with E-state index in [0.29, 0.717) is 5.92 Å². The van der Waals surface area contributed by atoms with E-state index in [1.54, 1.807) is 12.1 Å². The molecule has 0 radical (unpaired) electrons. The summed E-state index contributed by atoms with van der Waals surface area (Å²) in [5.74, 6) is 1.18. The second kappa shape index (κ2) is 5.10. The van der Waals surface area contributed by atoms with Crippen molar-refractivity contribution in [2.24, 2.45) is 11.8 Å². The number of halogens is 1.